The second-order valence-electron chi connectivity index (χ2n) is 5.51. The highest BCUT2D eigenvalue weighted by Gasteiger charge is 2.22. The molecule has 3 rings (SSSR count). The number of hydrogen-bond donors (Lipinski definition) is 1. The molecular formula is C17H16ClF2N3O. The van der Waals surface area contributed by atoms with E-state index in [1.807, 2.05) is 24.3 Å². The molecule has 24 heavy (non-hydrogen) atoms. The van der Waals surface area contributed by atoms with Crippen LogP contribution in [0.3, 0.4) is 0 Å². The number of piperazine rings is 1. The average molecular weight is 352 g/mol. The molecule has 1 fully saturated rings. The lowest BCUT2D eigenvalue weighted by molar-refractivity contribution is 0.208. The maximum absolute atomic E-state index is 13.6. The first-order valence-corrected chi connectivity index (χ1v) is 7.92. The predicted molar refractivity (Wildman–Crippen MR) is 90.6 cm³/mol. The van der Waals surface area contributed by atoms with E-state index in [2.05, 4.69) is 10.2 Å². The van der Waals surface area contributed by atoms with Crippen LogP contribution in [0.1, 0.15) is 0 Å². The van der Waals surface area contributed by atoms with E-state index in [1.165, 1.54) is 0 Å². The van der Waals surface area contributed by atoms with Crippen LogP contribution in [0.5, 0.6) is 0 Å². The minimum absolute atomic E-state index is 0.155. The van der Waals surface area contributed by atoms with E-state index in [1.54, 1.807) is 4.90 Å². The van der Waals surface area contributed by atoms with Crippen LogP contribution in [0.2, 0.25) is 5.02 Å². The van der Waals surface area contributed by atoms with Crippen LogP contribution in [-0.2, 0) is 0 Å². The molecule has 1 aliphatic rings. The predicted octanol–water partition coefficient (Wildman–Crippen LogP) is 3.97. The molecule has 1 N–H and O–H groups in total. The number of rotatable bonds is 2. The molecule has 0 saturated carbocycles. The van der Waals surface area contributed by atoms with Crippen LogP contribution in [0.15, 0.2) is 42.5 Å². The Morgan fingerprint density at radius 3 is 2.50 bits per heavy atom. The van der Waals surface area contributed by atoms with Crippen LogP contribution in [-0.4, -0.2) is 37.1 Å². The van der Waals surface area contributed by atoms with Crippen molar-refractivity contribution in [3.8, 4) is 0 Å². The standard InChI is InChI=1S/C17H16ClF2N3O/c18-12-2-1-3-14(10-12)22-6-8-23(9-7-22)17(24)21-16-11-13(19)4-5-15(16)20/h1-5,10-11H,6-9H2,(H,21,24). The fraction of sp³-hybridized carbons (Fsp3) is 0.235. The van der Waals surface area contributed by atoms with Gasteiger partial charge < -0.3 is 15.1 Å². The summed E-state index contributed by atoms with van der Waals surface area (Å²) in [5.41, 5.74) is 0.844. The first-order chi connectivity index (χ1) is 11.5. The van der Waals surface area contributed by atoms with E-state index in [9.17, 15) is 13.6 Å². The van der Waals surface area contributed by atoms with Crippen molar-refractivity contribution < 1.29 is 13.6 Å². The molecule has 1 aliphatic heterocycles. The number of anilines is 2. The van der Waals surface area contributed by atoms with Crippen LogP contribution >= 0.6 is 11.6 Å². The zero-order valence-corrected chi connectivity index (χ0v) is 13.6. The van der Waals surface area contributed by atoms with Crippen LogP contribution in [0, 0.1) is 11.6 Å². The monoisotopic (exact) mass is 351 g/mol. The highest BCUT2D eigenvalue weighted by atomic mass is 35.5. The summed E-state index contributed by atoms with van der Waals surface area (Å²) in [5, 5.41) is 3.08. The van der Waals surface area contributed by atoms with Gasteiger partial charge in [0.1, 0.15) is 11.6 Å². The van der Waals surface area contributed by atoms with Gasteiger partial charge in [0.25, 0.3) is 0 Å². The van der Waals surface area contributed by atoms with E-state index in [0.29, 0.717) is 31.2 Å². The van der Waals surface area contributed by atoms with Gasteiger partial charge >= 0.3 is 6.03 Å². The van der Waals surface area contributed by atoms with Crippen LogP contribution in [0.4, 0.5) is 25.0 Å². The fourth-order valence-electron chi connectivity index (χ4n) is 2.63. The highest BCUT2D eigenvalue weighted by Crippen LogP contribution is 2.21. The third-order valence-electron chi connectivity index (χ3n) is 3.91. The van der Waals surface area contributed by atoms with Crippen molar-refractivity contribution in [1.29, 1.82) is 0 Å². The minimum Gasteiger partial charge on any atom is -0.368 e. The summed E-state index contributed by atoms with van der Waals surface area (Å²) in [6.07, 6.45) is 0. The molecule has 0 spiro atoms. The molecule has 0 bridgehead atoms. The van der Waals surface area contributed by atoms with E-state index < -0.39 is 17.7 Å². The smallest absolute Gasteiger partial charge is 0.322 e. The Hall–Kier alpha value is -2.34. The number of halogens is 3. The average Bonchev–Trinajstić information content (AvgIpc) is 2.58. The van der Waals surface area contributed by atoms with E-state index in [4.69, 9.17) is 11.6 Å². The van der Waals surface area contributed by atoms with Gasteiger partial charge in [-0.25, -0.2) is 13.6 Å². The molecule has 4 nitrogen and oxygen atoms in total. The summed E-state index contributed by atoms with van der Waals surface area (Å²) in [6.45, 7) is 2.24. The molecule has 2 aromatic rings. The summed E-state index contributed by atoms with van der Waals surface area (Å²) in [7, 11) is 0. The lowest BCUT2D eigenvalue weighted by Crippen LogP contribution is -2.50. The molecule has 0 aromatic heterocycles. The fourth-order valence-corrected chi connectivity index (χ4v) is 2.81. The van der Waals surface area contributed by atoms with Gasteiger partial charge in [0.05, 0.1) is 5.69 Å². The van der Waals surface area contributed by atoms with Gasteiger partial charge in [-0.3, -0.25) is 0 Å². The largest absolute Gasteiger partial charge is 0.368 e. The molecule has 7 heteroatoms. The molecule has 1 heterocycles. The van der Waals surface area contributed by atoms with Crippen molar-refractivity contribution in [2.75, 3.05) is 36.4 Å². The van der Waals surface area contributed by atoms with Crippen molar-refractivity contribution in [3.63, 3.8) is 0 Å². The van der Waals surface area contributed by atoms with Gasteiger partial charge in [0.2, 0.25) is 0 Å². The number of carbonyl (C=O) groups is 1. The third-order valence-corrected chi connectivity index (χ3v) is 4.15. The first-order valence-electron chi connectivity index (χ1n) is 7.54. The van der Waals surface area contributed by atoms with Gasteiger partial charge in [-0.2, -0.15) is 0 Å². The van der Waals surface area contributed by atoms with Crippen LogP contribution in [0.25, 0.3) is 0 Å². The van der Waals surface area contributed by atoms with Gasteiger partial charge in [-0.1, -0.05) is 17.7 Å². The Kier molecular flexibility index (Phi) is 4.85. The van der Waals surface area contributed by atoms with Crippen molar-refractivity contribution >= 4 is 29.0 Å². The molecule has 0 aliphatic carbocycles. The normalized spacial score (nSPS) is 14.6. The van der Waals surface area contributed by atoms with Gasteiger partial charge in [0, 0.05) is 43.0 Å². The summed E-state index contributed by atoms with van der Waals surface area (Å²) in [6, 6.07) is 10.0. The lowest BCUT2D eigenvalue weighted by atomic mass is 10.2. The number of hydrogen-bond acceptors (Lipinski definition) is 2. The van der Waals surface area contributed by atoms with Gasteiger partial charge in [-0.05, 0) is 30.3 Å². The van der Waals surface area contributed by atoms with E-state index in [0.717, 1.165) is 23.9 Å². The zero-order valence-electron chi connectivity index (χ0n) is 12.8. The summed E-state index contributed by atoms with van der Waals surface area (Å²) in [5.74, 6) is -1.26. The summed E-state index contributed by atoms with van der Waals surface area (Å²) in [4.78, 5) is 15.9. The second-order valence-corrected chi connectivity index (χ2v) is 5.94. The summed E-state index contributed by atoms with van der Waals surface area (Å²) >= 11 is 5.99. The Balaban J connectivity index is 1.60. The van der Waals surface area contributed by atoms with Crippen LogP contribution < -0.4 is 10.2 Å². The van der Waals surface area contributed by atoms with E-state index >= 15 is 0 Å². The minimum atomic E-state index is -0.665. The number of nitrogens with zero attached hydrogens (tertiary/aromatic N) is 2. The van der Waals surface area contributed by atoms with Crippen molar-refractivity contribution in [3.05, 3.63) is 59.1 Å². The molecule has 0 radical (unpaired) electrons. The number of benzene rings is 2. The zero-order chi connectivity index (χ0) is 17.1. The molecule has 1 saturated heterocycles. The van der Waals surface area contributed by atoms with Gasteiger partial charge in [-0.15, -0.1) is 0 Å². The lowest BCUT2D eigenvalue weighted by Gasteiger charge is -2.36. The number of nitrogens with one attached hydrogen (secondary N) is 1. The molecule has 0 unspecified atom stereocenters. The third kappa shape index (κ3) is 3.76. The number of carbonyl (C=O) groups excluding carboxylic acids is 1. The Morgan fingerprint density at radius 1 is 1.04 bits per heavy atom. The molecule has 2 amide bonds. The Labute approximate surface area is 143 Å². The molecular weight excluding hydrogens is 336 g/mol. The molecule has 2 aromatic carbocycles. The van der Waals surface area contributed by atoms with Crippen molar-refractivity contribution in [2.24, 2.45) is 0 Å². The topological polar surface area (TPSA) is 35.6 Å². The Bertz CT molecular complexity index is 748. The molecule has 126 valence electrons. The summed E-state index contributed by atoms with van der Waals surface area (Å²) < 4.78 is 26.8. The first kappa shape index (κ1) is 16.5. The highest BCUT2D eigenvalue weighted by molar-refractivity contribution is 6.30. The number of urea groups is 1. The van der Waals surface area contributed by atoms with E-state index in [-0.39, 0.29) is 5.69 Å². The maximum Gasteiger partial charge on any atom is 0.322 e. The quantitative estimate of drug-likeness (QED) is 0.888. The molecule has 0 atom stereocenters. The SMILES string of the molecule is O=C(Nc1cc(F)ccc1F)N1CCN(c2cccc(Cl)c2)CC1. The van der Waals surface area contributed by atoms with Crippen molar-refractivity contribution in [2.45, 2.75) is 0 Å². The number of amides is 2. The van der Waals surface area contributed by atoms with Gasteiger partial charge in [0.15, 0.2) is 0 Å². The maximum atomic E-state index is 13.6. The second kappa shape index (κ2) is 7.05. The Morgan fingerprint density at radius 2 is 1.79 bits per heavy atom. The van der Waals surface area contributed by atoms with Crippen molar-refractivity contribution in [1.82, 2.24) is 4.90 Å².